The predicted molar refractivity (Wildman–Crippen MR) is 49.2 cm³/mol. The summed E-state index contributed by atoms with van der Waals surface area (Å²) in [5, 5.41) is 3.68. The summed E-state index contributed by atoms with van der Waals surface area (Å²) in [5.41, 5.74) is 0.441. The molecule has 2 aliphatic rings. The molecule has 2 fully saturated rings. The lowest BCUT2D eigenvalue weighted by molar-refractivity contribution is 0.151. The molecule has 0 saturated carbocycles. The molecule has 2 heterocycles. The van der Waals surface area contributed by atoms with Crippen LogP contribution in [0.2, 0.25) is 0 Å². The van der Waals surface area contributed by atoms with E-state index in [1.807, 2.05) is 0 Å². The molecule has 1 N–H and O–H groups in total. The molecule has 0 spiro atoms. The second-order valence-electron chi connectivity index (χ2n) is 4.10. The second-order valence-corrected chi connectivity index (χ2v) is 4.10. The zero-order valence-electron chi connectivity index (χ0n) is 7.94. The summed E-state index contributed by atoms with van der Waals surface area (Å²) in [6, 6.07) is 0. The standard InChI is InChI=1S/C10H19NO/c1-2-10(5-3-6-11-10)9-4-7-12-8-9/h9,11H,2-8H2,1H3. The molecular formula is C10H19NO. The van der Waals surface area contributed by atoms with Gasteiger partial charge in [-0.1, -0.05) is 6.92 Å². The van der Waals surface area contributed by atoms with Crippen molar-refractivity contribution in [1.29, 1.82) is 0 Å². The fraction of sp³-hybridized carbons (Fsp3) is 1.00. The van der Waals surface area contributed by atoms with E-state index in [1.165, 1.54) is 32.2 Å². The van der Waals surface area contributed by atoms with Crippen molar-refractivity contribution in [3.63, 3.8) is 0 Å². The van der Waals surface area contributed by atoms with Crippen LogP contribution in [-0.2, 0) is 4.74 Å². The van der Waals surface area contributed by atoms with Gasteiger partial charge in [-0.2, -0.15) is 0 Å². The van der Waals surface area contributed by atoms with Crippen LogP contribution in [-0.4, -0.2) is 25.3 Å². The SMILES string of the molecule is CCC1(C2CCOC2)CCCN1. The van der Waals surface area contributed by atoms with Crippen LogP contribution in [0, 0.1) is 5.92 Å². The van der Waals surface area contributed by atoms with Crippen LogP contribution < -0.4 is 5.32 Å². The van der Waals surface area contributed by atoms with Crippen LogP contribution in [0.4, 0.5) is 0 Å². The quantitative estimate of drug-likeness (QED) is 0.677. The number of ether oxygens (including phenoxy) is 1. The summed E-state index contributed by atoms with van der Waals surface area (Å²) in [6.45, 7) is 5.48. The van der Waals surface area contributed by atoms with Gasteiger partial charge in [0.1, 0.15) is 0 Å². The Labute approximate surface area is 74.7 Å². The van der Waals surface area contributed by atoms with Gasteiger partial charge in [-0.15, -0.1) is 0 Å². The molecule has 0 aromatic rings. The van der Waals surface area contributed by atoms with Crippen LogP contribution in [0.25, 0.3) is 0 Å². The summed E-state index contributed by atoms with van der Waals surface area (Å²) in [7, 11) is 0. The largest absolute Gasteiger partial charge is 0.381 e. The van der Waals surface area contributed by atoms with E-state index in [1.54, 1.807) is 0 Å². The molecule has 0 aliphatic carbocycles. The smallest absolute Gasteiger partial charge is 0.0512 e. The van der Waals surface area contributed by atoms with Crippen LogP contribution >= 0.6 is 0 Å². The first-order valence-corrected chi connectivity index (χ1v) is 5.20. The van der Waals surface area contributed by atoms with Gasteiger partial charge in [-0.25, -0.2) is 0 Å². The fourth-order valence-electron chi connectivity index (χ4n) is 2.74. The van der Waals surface area contributed by atoms with E-state index in [0.29, 0.717) is 5.54 Å². The van der Waals surface area contributed by atoms with Gasteiger partial charge >= 0.3 is 0 Å². The summed E-state index contributed by atoms with van der Waals surface area (Å²) in [6.07, 6.45) is 5.24. The van der Waals surface area contributed by atoms with Crippen molar-refractivity contribution >= 4 is 0 Å². The zero-order valence-corrected chi connectivity index (χ0v) is 7.94. The molecule has 0 aromatic heterocycles. The zero-order chi connectivity index (χ0) is 8.44. The molecule has 2 unspecified atom stereocenters. The van der Waals surface area contributed by atoms with Crippen molar-refractivity contribution in [1.82, 2.24) is 5.32 Å². The first-order chi connectivity index (χ1) is 5.87. The molecule has 0 amide bonds. The number of nitrogens with one attached hydrogen (secondary N) is 1. The average Bonchev–Trinajstić information content (AvgIpc) is 2.76. The van der Waals surface area contributed by atoms with E-state index < -0.39 is 0 Å². The van der Waals surface area contributed by atoms with E-state index >= 15 is 0 Å². The highest BCUT2D eigenvalue weighted by Crippen LogP contribution is 2.35. The van der Waals surface area contributed by atoms with E-state index in [-0.39, 0.29) is 0 Å². The average molecular weight is 169 g/mol. The Morgan fingerprint density at radius 3 is 3.00 bits per heavy atom. The first-order valence-electron chi connectivity index (χ1n) is 5.20. The van der Waals surface area contributed by atoms with Crippen LogP contribution in [0.15, 0.2) is 0 Å². The minimum Gasteiger partial charge on any atom is -0.381 e. The van der Waals surface area contributed by atoms with Gasteiger partial charge in [0.15, 0.2) is 0 Å². The molecule has 2 aliphatic heterocycles. The monoisotopic (exact) mass is 169 g/mol. The molecule has 2 atom stereocenters. The second kappa shape index (κ2) is 3.35. The van der Waals surface area contributed by atoms with Crippen molar-refractivity contribution in [2.45, 2.75) is 38.1 Å². The Morgan fingerprint density at radius 1 is 1.58 bits per heavy atom. The summed E-state index contributed by atoms with van der Waals surface area (Å²) >= 11 is 0. The summed E-state index contributed by atoms with van der Waals surface area (Å²) in [4.78, 5) is 0. The van der Waals surface area contributed by atoms with E-state index in [2.05, 4.69) is 12.2 Å². The van der Waals surface area contributed by atoms with Gasteiger partial charge in [0.2, 0.25) is 0 Å². The van der Waals surface area contributed by atoms with Crippen molar-refractivity contribution in [3.8, 4) is 0 Å². The number of rotatable bonds is 2. The van der Waals surface area contributed by atoms with Crippen molar-refractivity contribution in [2.75, 3.05) is 19.8 Å². The Morgan fingerprint density at radius 2 is 2.50 bits per heavy atom. The van der Waals surface area contributed by atoms with Crippen molar-refractivity contribution < 1.29 is 4.74 Å². The highest BCUT2D eigenvalue weighted by atomic mass is 16.5. The molecule has 70 valence electrons. The van der Waals surface area contributed by atoms with Crippen molar-refractivity contribution in [3.05, 3.63) is 0 Å². The lowest BCUT2D eigenvalue weighted by Gasteiger charge is -2.33. The van der Waals surface area contributed by atoms with Crippen LogP contribution in [0.3, 0.4) is 0 Å². The highest BCUT2D eigenvalue weighted by Gasteiger charge is 2.40. The molecule has 2 nitrogen and oxygen atoms in total. The van der Waals surface area contributed by atoms with E-state index in [9.17, 15) is 0 Å². The van der Waals surface area contributed by atoms with Gasteiger partial charge in [-0.05, 0) is 32.2 Å². The fourth-order valence-corrected chi connectivity index (χ4v) is 2.74. The molecule has 0 radical (unpaired) electrons. The third-order valence-electron chi connectivity index (χ3n) is 3.62. The molecule has 0 bridgehead atoms. The lowest BCUT2D eigenvalue weighted by Crippen LogP contribution is -2.46. The predicted octanol–water partition coefficient (Wildman–Crippen LogP) is 1.56. The Hall–Kier alpha value is -0.0800. The maximum Gasteiger partial charge on any atom is 0.0512 e. The maximum absolute atomic E-state index is 5.46. The van der Waals surface area contributed by atoms with E-state index in [4.69, 9.17) is 4.74 Å². The summed E-state index contributed by atoms with van der Waals surface area (Å²) in [5.74, 6) is 0.782. The third kappa shape index (κ3) is 1.27. The minimum atomic E-state index is 0.441. The molecule has 2 heteroatoms. The van der Waals surface area contributed by atoms with Crippen LogP contribution in [0.1, 0.15) is 32.6 Å². The lowest BCUT2D eigenvalue weighted by atomic mass is 9.80. The highest BCUT2D eigenvalue weighted by molar-refractivity contribution is 4.98. The Bertz CT molecular complexity index is 146. The number of hydrogen-bond acceptors (Lipinski definition) is 2. The van der Waals surface area contributed by atoms with Gasteiger partial charge in [0.05, 0.1) is 6.61 Å². The van der Waals surface area contributed by atoms with Gasteiger partial charge in [-0.3, -0.25) is 0 Å². The van der Waals surface area contributed by atoms with Crippen LogP contribution in [0.5, 0.6) is 0 Å². The molecule has 12 heavy (non-hydrogen) atoms. The molecule has 0 aromatic carbocycles. The van der Waals surface area contributed by atoms with E-state index in [0.717, 1.165) is 19.1 Å². The molecule has 2 saturated heterocycles. The summed E-state index contributed by atoms with van der Waals surface area (Å²) < 4.78 is 5.46. The first kappa shape index (κ1) is 8.52. The third-order valence-corrected chi connectivity index (χ3v) is 3.62. The van der Waals surface area contributed by atoms with Gasteiger partial charge in [0.25, 0.3) is 0 Å². The van der Waals surface area contributed by atoms with Gasteiger partial charge in [0, 0.05) is 18.1 Å². The topological polar surface area (TPSA) is 21.3 Å². The van der Waals surface area contributed by atoms with Crippen molar-refractivity contribution in [2.24, 2.45) is 5.92 Å². The maximum atomic E-state index is 5.46. The Kier molecular flexibility index (Phi) is 2.37. The molecular weight excluding hydrogens is 150 g/mol. The Balaban J connectivity index is 2.04. The normalized spacial score (nSPS) is 42.2. The number of hydrogen-bond donors (Lipinski definition) is 1. The van der Waals surface area contributed by atoms with Gasteiger partial charge < -0.3 is 10.1 Å². The minimum absolute atomic E-state index is 0.441. The molecule has 2 rings (SSSR count).